The van der Waals surface area contributed by atoms with Crippen molar-refractivity contribution in [2.75, 3.05) is 5.32 Å². The molecule has 0 heterocycles. The second kappa shape index (κ2) is 12.7. The first-order chi connectivity index (χ1) is 14.9. The Bertz CT molecular complexity index is 895. The number of unbranched alkanes of at least 4 members (excludes halogenated alkanes) is 6. The number of nitrogens with one attached hydrogen (secondary N) is 1. The van der Waals surface area contributed by atoms with Gasteiger partial charge in [-0.05, 0) is 41.7 Å². The Kier molecular flexibility index (Phi) is 9.27. The van der Waals surface area contributed by atoms with Crippen LogP contribution in [0.15, 0.2) is 78.9 Å². The lowest BCUT2D eigenvalue weighted by Gasteiger charge is -2.14. The van der Waals surface area contributed by atoms with E-state index in [9.17, 15) is 0 Å². The molecule has 0 aromatic heterocycles. The van der Waals surface area contributed by atoms with Crippen LogP contribution in [0.4, 0.5) is 11.4 Å². The molecule has 0 aliphatic carbocycles. The molecule has 0 aliphatic heterocycles. The Morgan fingerprint density at radius 2 is 1.23 bits per heavy atom. The lowest BCUT2D eigenvalue weighted by molar-refractivity contribution is 0.589. The van der Waals surface area contributed by atoms with Crippen LogP contribution in [0.2, 0.25) is 0 Å². The molecule has 3 rings (SSSR count). The zero-order chi connectivity index (χ0) is 20.9. The third-order valence-electron chi connectivity index (χ3n) is 5.55. The number of anilines is 2. The summed E-state index contributed by atoms with van der Waals surface area (Å²) >= 11 is 0. The Morgan fingerprint density at radius 1 is 0.600 bits per heavy atom. The first-order valence-electron chi connectivity index (χ1n) is 11.5. The predicted octanol–water partition coefficient (Wildman–Crippen LogP) is 8.89. The topological polar surface area (TPSA) is 12.0 Å². The van der Waals surface area contributed by atoms with Gasteiger partial charge < -0.3 is 5.32 Å². The molecule has 156 valence electrons. The number of hydrogen-bond donors (Lipinski definition) is 1. The molecule has 0 amide bonds. The zero-order valence-corrected chi connectivity index (χ0v) is 18.3. The van der Waals surface area contributed by atoms with Gasteiger partial charge in [0.1, 0.15) is 0 Å². The number of rotatable bonds is 12. The fourth-order valence-corrected chi connectivity index (χ4v) is 3.78. The van der Waals surface area contributed by atoms with E-state index in [0.29, 0.717) is 0 Å². The molecule has 0 spiro atoms. The van der Waals surface area contributed by atoms with Crippen LogP contribution < -0.4 is 5.32 Å². The average molecular weight is 398 g/mol. The highest BCUT2D eigenvalue weighted by Gasteiger charge is 2.05. The Morgan fingerprint density at radius 3 is 2.03 bits per heavy atom. The van der Waals surface area contributed by atoms with Crippen LogP contribution in [0.25, 0.3) is 12.2 Å². The van der Waals surface area contributed by atoms with Crippen LogP contribution in [-0.2, 0) is 6.42 Å². The normalized spacial score (nSPS) is 11.1. The zero-order valence-electron chi connectivity index (χ0n) is 18.3. The number of hydrogen-bond acceptors (Lipinski definition) is 1. The molecule has 0 saturated carbocycles. The first-order valence-corrected chi connectivity index (χ1v) is 11.5. The van der Waals surface area contributed by atoms with E-state index < -0.39 is 0 Å². The number of aryl methyl sites for hydroxylation is 1. The minimum atomic E-state index is 1.14. The van der Waals surface area contributed by atoms with Gasteiger partial charge in [0.15, 0.2) is 0 Å². The summed E-state index contributed by atoms with van der Waals surface area (Å²) in [6.45, 7) is 2.28. The molecule has 3 aromatic carbocycles. The van der Waals surface area contributed by atoms with Crippen molar-refractivity contribution in [3.05, 3.63) is 95.6 Å². The van der Waals surface area contributed by atoms with Crippen LogP contribution in [-0.4, -0.2) is 0 Å². The van der Waals surface area contributed by atoms with Gasteiger partial charge in [0, 0.05) is 11.4 Å². The van der Waals surface area contributed by atoms with Gasteiger partial charge >= 0.3 is 0 Å². The molecule has 0 aliphatic rings. The van der Waals surface area contributed by atoms with Gasteiger partial charge in [0.2, 0.25) is 0 Å². The number of benzene rings is 3. The predicted molar refractivity (Wildman–Crippen MR) is 133 cm³/mol. The summed E-state index contributed by atoms with van der Waals surface area (Å²) in [7, 11) is 0. The van der Waals surface area contributed by atoms with E-state index in [1.165, 1.54) is 67.3 Å². The molecule has 30 heavy (non-hydrogen) atoms. The minimum absolute atomic E-state index is 1.14. The Balaban J connectivity index is 1.62. The van der Waals surface area contributed by atoms with E-state index in [1.54, 1.807) is 0 Å². The Labute approximate surface area is 182 Å². The maximum Gasteiger partial charge on any atom is 0.0457 e. The monoisotopic (exact) mass is 397 g/mol. The van der Waals surface area contributed by atoms with E-state index in [-0.39, 0.29) is 0 Å². The lowest BCUT2D eigenvalue weighted by Crippen LogP contribution is -1.98. The molecule has 0 unspecified atom stereocenters. The molecular formula is C29H35N. The number of para-hydroxylation sites is 2. The van der Waals surface area contributed by atoms with E-state index in [2.05, 4.69) is 103 Å². The maximum absolute atomic E-state index is 3.69. The summed E-state index contributed by atoms with van der Waals surface area (Å²) in [6.07, 6.45) is 14.9. The smallest absolute Gasteiger partial charge is 0.0457 e. The standard InChI is InChI=1S/C29H35N/c1-2-3-4-5-6-7-11-18-26-19-12-14-21-28(26)30-29-22-15-13-20-27(29)24-23-25-16-9-8-10-17-25/h8-10,12-17,19-24,30H,2-7,11,18H2,1H3. The van der Waals surface area contributed by atoms with Crippen molar-refractivity contribution in [3.8, 4) is 0 Å². The highest BCUT2D eigenvalue weighted by molar-refractivity contribution is 5.79. The van der Waals surface area contributed by atoms with Gasteiger partial charge in [-0.1, -0.05) is 124 Å². The summed E-state index contributed by atoms with van der Waals surface area (Å²) in [6, 6.07) is 27.7. The lowest BCUT2D eigenvalue weighted by atomic mass is 10.0. The fraction of sp³-hybridized carbons (Fsp3) is 0.310. The second-order valence-electron chi connectivity index (χ2n) is 7.98. The van der Waals surface area contributed by atoms with Crippen molar-refractivity contribution >= 4 is 23.5 Å². The highest BCUT2D eigenvalue weighted by Crippen LogP contribution is 2.26. The summed E-state index contributed by atoms with van der Waals surface area (Å²) in [5, 5.41) is 3.69. The van der Waals surface area contributed by atoms with E-state index in [4.69, 9.17) is 0 Å². The molecule has 0 saturated heterocycles. The van der Waals surface area contributed by atoms with Gasteiger partial charge in [-0.15, -0.1) is 0 Å². The van der Waals surface area contributed by atoms with Crippen molar-refractivity contribution < 1.29 is 0 Å². The molecule has 3 aromatic rings. The van der Waals surface area contributed by atoms with Crippen molar-refractivity contribution in [3.63, 3.8) is 0 Å². The molecule has 0 radical (unpaired) electrons. The first kappa shape index (κ1) is 21.9. The van der Waals surface area contributed by atoms with Crippen LogP contribution in [0.3, 0.4) is 0 Å². The van der Waals surface area contributed by atoms with Crippen molar-refractivity contribution in [1.82, 2.24) is 0 Å². The van der Waals surface area contributed by atoms with Crippen molar-refractivity contribution in [2.45, 2.75) is 58.3 Å². The summed E-state index contributed by atoms with van der Waals surface area (Å²) in [5.41, 5.74) is 6.20. The SMILES string of the molecule is CCCCCCCCCc1ccccc1Nc1ccccc1C=Cc1ccccc1. The summed E-state index contributed by atoms with van der Waals surface area (Å²) < 4.78 is 0. The second-order valence-corrected chi connectivity index (χ2v) is 7.98. The molecule has 0 fully saturated rings. The molecule has 1 heteroatoms. The van der Waals surface area contributed by atoms with E-state index >= 15 is 0 Å². The van der Waals surface area contributed by atoms with Gasteiger partial charge in [-0.2, -0.15) is 0 Å². The maximum atomic E-state index is 3.69. The average Bonchev–Trinajstić information content (AvgIpc) is 2.79. The molecule has 0 atom stereocenters. The molecular weight excluding hydrogens is 362 g/mol. The fourth-order valence-electron chi connectivity index (χ4n) is 3.78. The van der Waals surface area contributed by atoms with Crippen LogP contribution in [0.5, 0.6) is 0 Å². The molecule has 1 nitrogen and oxygen atoms in total. The van der Waals surface area contributed by atoms with Gasteiger partial charge in [0.05, 0.1) is 0 Å². The molecule has 0 bridgehead atoms. The van der Waals surface area contributed by atoms with Gasteiger partial charge in [0.25, 0.3) is 0 Å². The van der Waals surface area contributed by atoms with Gasteiger partial charge in [-0.25, -0.2) is 0 Å². The van der Waals surface area contributed by atoms with Crippen molar-refractivity contribution in [2.24, 2.45) is 0 Å². The van der Waals surface area contributed by atoms with Crippen LogP contribution in [0.1, 0.15) is 68.6 Å². The Hall–Kier alpha value is -2.80. The minimum Gasteiger partial charge on any atom is -0.355 e. The quantitative estimate of drug-likeness (QED) is 0.238. The molecule has 1 N–H and O–H groups in total. The van der Waals surface area contributed by atoms with Crippen molar-refractivity contribution in [1.29, 1.82) is 0 Å². The summed E-state index contributed by atoms with van der Waals surface area (Å²) in [5.74, 6) is 0. The van der Waals surface area contributed by atoms with Crippen LogP contribution in [0, 0.1) is 0 Å². The van der Waals surface area contributed by atoms with Gasteiger partial charge in [-0.3, -0.25) is 0 Å². The van der Waals surface area contributed by atoms with E-state index in [1.807, 2.05) is 0 Å². The highest BCUT2D eigenvalue weighted by atomic mass is 14.9. The largest absolute Gasteiger partial charge is 0.355 e. The summed E-state index contributed by atoms with van der Waals surface area (Å²) in [4.78, 5) is 0. The third-order valence-corrected chi connectivity index (χ3v) is 5.55. The third kappa shape index (κ3) is 7.22. The van der Waals surface area contributed by atoms with E-state index in [0.717, 1.165) is 12.1 Å². The van der Waals surface area contributed by atoms with Crippen LogP contribution >= 0.6 is 0 Å².